The molecule has 1 N–H and O–H groups in total. The van der Waals surface area contributed by atoms with E-state index in [-0.39, 0.29) is 5.91 Å². The SMILES string of the molecule is Cc1nn(Cc2ccc(Cl)cc2)c2sc(C(=O)NC3CC3)cc12. The van der Waals surface area contributed by atoms with Crippen molar-refractivity contribution in [1.82, 2.24) is 15.1 Å². The molecule has 1 aromatic carbocycles. The van der Waals surface area contributed by atoms with Gasteiger partial charge < -0.3 is 5.32 Å². The summed E-state index contributed by atoms with van der Waals surface area (Å²) in [6.07, 6.45) is 2.19. The van der Waals surface area contributed by atoms with Crippen LogP contribution in [0.4, 0.5) is 0 Å². The van der Waals surface area contributed by atoms with Crippen LogP contribution >= 0.6 is 22.9 Å². The number of amides is 1. The average Bonchev–Trinajstić information content (AvgIpc) is 3.14. The molecule has 0 aliphatic heterocycles. The third-order valence-corrected chi connectivity index (χ3v) is 5.39. The second kappa shape index (κ2) is 5.65. The van der Waals surface area contributed by atoms with Gasteiger partial charge in [0.05, 0.1) is 17.1 Å². The van der Waals surface area contributed by atoms with Crippen LogP contribution in [0.5, 0.6) is 0 Å². The number of thiophene rings is 1. The summed E-state index contributed by atoms with van der Waals surface area (Å²) >= 11 is 7.44. The number of aromatic nitrogens is 2. The lowest BCUT2D eigenvalue weighted by atomic mass is 10.2. The Morgan fingerprint density at radius 1 is 1.39 bits per heavy atom. The number of nitrogens with one attached hydrogen (secondary N) is 1. The van der Waals surface area contributed by atoms with Gasteiger partial charge in [-0.1, -0.05) is 23.7 Å². The quantitative estimate of drug-likeness (QED) is 0.776. The van der Waals surface area contributed by atoms with Gasteiger partial charge in [-0.15, -0.1) is 11.3 Å². The molecular formula is C17H16ClN3OS. The first-order valence-corrected chi connectivity index (χ1v) is 8.82. The molecule has 0 unspecified atom stereocenters. The molecule has 0 atom stereocenters. The van der Waals surface area contributed by atoms with E-state index >= 15 is 0 Å². The first-order chi connectivity index (χ1) is 11.1. The maximum atomic E-state index is 12.2. The minimum Gasteiger partial charge on any atom is -0.349 e. The molecule has 118 valence electrons. The van der Waals surface area contributed by atoms with E-state index in [1.165, 1.54) is 11.3 Å². The van der Waals surface area contributed by atoms with Gasteiger partial charge in [-0.2, -0.15) is 5.10 Å². The lowest BCUT2D eigenvalue weighted by molar-refractivity contribution is 0.0955. The molecule has 2 heterocycles. The number of halogens is 1. The van der Waals surface area contributed by atoms with Crippen molar-refractivity contribution in [2.24, 2.45) is 0 Å². The monoisotopic (exact) mass is 345 g/mol. The molecule has 0 bridgehead atoms. The zero-order valence-electron chi connectivity index (χ0n) is 12.7. The third kappa shape index (κ3) is 2.99. The molecule has 4 rings (SSSR count). The van der Waals surface area contributed by atoms with Crippen LogP contribution in [0.15, 0.2) is 30.3 Å². The highest BCUT2D eigenvalue weighted by atomic mass is 35.5. The van der Waals surface area contributed by atoms with Gasteiger partial charge in [-0.25, -0.2) is 0 Å². The summed E-state index contributed by atoms with van der Waals surface area (Å²) in [5.41, 5.74) is 2.09. The molecule has 1 fully saturated rings. The number of aryl methyl sites for hydroxylation is 1. The molecule has 3 aromatic rings. The molecule has 2 aromatic heterocycles. The van der Waals surface area contributed by atoms with Crippen LogP contribution in [0.25, 0.3) is 10.2 Å². The normalized spacial score (nSPS) is 14.3. The fourth-order valence-electron chi connectivity index (χ4n) is 2.58. The number of carbonyl (C=O) groups excluding carboxylic acids is 1. The predicted octanol–water partition coefficient (Wildman–Crippen LogP) is 4.00. The zero-order valence-corrected chi connectivity index (χ0v) is 14.2. The topological polar surface area (TPSA) is 46.9 Å². The molecule has 1 aliphatic carbocycles. The Morgan fingerprint density at radius 2 is 2.13 bits per heavy atom. The van der Waals surface area contributed by atoms with Crippen molar-refractivity contribution in [2.45, 2.75) is 32.4 Å². The Labute approximate surface area is 143 Å². The molecular weight excluding hydrogens is 330 g/mol. The molecule has 0 radical (unpaired) electrons. The smallest absolute Gasteiger partial charge is 0.261 e. The van der Waals surface area contributed by atoms with Crippen molar-refractivity contribution < 1.29 is 4.79 Å². The molecule has 1 aliphatic rings. The van der Waals surface area contributed by atoms with Crippen LogP contribution in [0, 0.1) is 6.92 Å². The molecule has 4 nitrogen and oxygen atoms in total. The first-order valence-electron chi connectivity index (χ1n) is 7.62. The van der Waals surface area contributed by atoms with Gasteiger partial charge in [0.2, 0.25) is 0 Å². The summed E-state index contributed by atoms with van der Waals surface area (Å²) < 4.78 is 1.96. The summed E-state index contributed by atoms with van der Waals surface area (Å²) in [6.45, 7) is 2.65. The van der Waals surface area contributed by atoms with Crippen molar-refractivity contribution in [1.29, 1.82) is 0 Å². The summed E-state index contributed by atoms with van der Waals surface area (Å²) in [5.74, 6) is 0.0335. The van der Waals surface area contributed by atoms with Gasteiger partial charge in [0, 0.05) is 16.5 Å². The molecule has 0 spiro atoms. The van der Waals surface area contributed by atoms with E-state index in [0.717, 1.165) is 44.2 Å². The Bertz CT molecular complexity index is 877. The minimum absolute atomic E-state index is 0.0335. The molecule has 6 heteroatoms. The number of rotatable bonds is 4. The summed E-state index contributed by atoms with van der Waals surface area (Å²) in [5, 5.41) is 9.43. The summed E-state index contributed by atoms with van der Waals surface area (Å²) in [6, 6.07) is 10.1. The number of fused-ring (bicyclic) bond motifs is 1. The number of benzene rings is 1. The van der Waals surface area contributed by atoms with E-state index in [1.807, 2.05) is 41.9 Å². The third-order valence-electron chi connectivity index (χ3n) is 3.99. The van der Waals surface area contributed by atoms with Crippen LogP contribution in [0.3, 0.4) is 0 Å². The first kappa shape index (κ1) is 14.7. The van der Waals surface area contributed by atoms with Crippen LogP contribution in [-0.2, 0) is 6.54 Å². The number of nitrogens with zero attached hydrogens (tertiary/aromatic N) is 2. The van der Waals surface area contributed by atoms with Gasteiger partial charge >= 0.3 is 0 Å². The minimum atomic E-state index is 0.0335. The van der Waals surface area contributed by atoms with Crippen LogP contribution in [0.1, 0.15) is 33.8 Å². The summed E-state index contributed by atoms with van der Waals surface area (Å²) in [7, 11) is 0. The van der Waals surface area contributed by atoms with Gasteiger partial charge in [-0.05, 0) is 43.5 Å². The molecule has 1 amide bonds. The van der Waals surface area contributed by atoms with Crippen molar-refractivity contribution in [3.05, 3.63) is 51.5 Å². The van der Waals surface area contributed by atoms with E-state index in [9.17, 15) is 4.79 Å². The van der Waals surface area contributed by atoms with E-state index in [4.69, 9.17) is 11.6 Å². The Balaban J connectivity index is 1.65. The fourth-order valence-corrected chi connectivity index (χ4v) is 3.77. The fraction of sp³-hybridized carbons (Fsp3) is 0.294. The van der Waals surface area contributed by atoms with Crippen LogP contribution in [-0.4, -0.2) is 21.7 Å². The lowest BCUT2D eigenvalue weighted by Crippen LogP contribution is -2.24. The molecule has 23 heavy (non-hydrogen) atoms. The van der Waals surface area contributed by atoms with Crippen LogP contribution < -0.4 is 5.32 Å². The predicted molar refractivity (Wildman–Crippen MR) is 93.4 cm³/mol. The van der Waals surface area contributed by atoms with E-state index in [2.05, 4.69) is 10.4 Å². The highest BCUT2D eigenvalue weighted by molar-refractivity contribution is 7.20. The average molecular weight is 346 g/mol. The Kier molecular flexibility index (Phi) is 3.62. The van der Waals surface area contributed by atoms with Crippen molar-refractivity contribution in [3.8, 4) is 0 Å². The standard InChI is InChI=1S/C17H16ClN3OS/c1-10-14-8-15(16(22)19-13-6-7-13)23-17(14)21(20-10)9-11-2-4-12(18)5-3-11/h2-5,8,13H,6-7,9H2,1H3,(H,19,22). The number of hydrogen-bond donors (Lipinski definition) is 1. The zero-order chi connectivity index (χ0) is 16.0. The Morgan fingerprint density at radius 3 is 2.83 bits per heavy atom. The highest BCUT2D eigenvalue weighted by Gasteiger charge is 2.25. The van der Waals surface area contributed by atoms with Crippen molar-refractivity contribution >= 4 is 39.1 Å². The second-order valence-electron chi connectivity index (χ2n) is 5.95. The van der Waals surface area contributed by atoms with Gasteiger partial charge in [-0.3, -0.25) is 9.48 Å². The number of carbonyl (C=O) groups is 1. The molecule has 1 saturated carbocycles. The maximum absolute atomic E-state index is 12.2. The highest BCUT2D eigenvalue weighted by Crippen LogP contribution is 2.30. The van der Waals surface area contributed by atoms with E-state index in [1.54, 1.807) is 0 Å². The van der Waals surface area contributed by atoms with Gasteiger partial charge in [0.1, 0.15) is 4.83 Å². The Hall–Kier alpha value is -1.85. The second-order valence-corrected chi connectivity index (χ2v) is 7.41. The van der Waals surface area contributed by atoms with Crippen molar-refractivity contribution in [3.63, 3.8) is 0 Å². The van der Waals surface area contributed by atoms with Crippen LogP contribution in [0.2, 0.25) is 5.02 Å². The maximum Gasteiger partial charge on any atom is 0.261 e. The van der Waals surface area contributed by atoms with E-state index in [0.29, 0.717) is 12.6 Å². The lowest BCUT2D eigenvalue weighted by Gasteiger charge is -2.03. The van der Waals surface area contributed by atoms with Gasteiger partial charge in [0.25, 0.3) is 5.91 Å². The largest absolute Gasteiger partial charge is 0.349 e. The number of hydrogen-bond acceptors (Lipinski definition) is 3. The van der Waals surface area contributed by atoms with Gasteiger partial charge in [0.15, 0.2) is 0 Å². The van der Waals surface area contributed by atoms with Crippen molar-refractivity contribution in [2.75, 3.05) is 0 Å². The molecule has 0 saturated heterocycles. The summed E-state index contributed by atoms with van der Waals surface area (Å²) in [4.78, 5) is 14.0. The van der Waals surface area contributed by atoms with E-state index < -0.39 is 0 Å².